The van der Waals surface area contributed by atoms with Crippen LogP contribution in [0.1, 0.15) is 39.2 Å². The summed E-state index contributed by atoms with van der Waals surface area (Å²) in [5.41, 5.74) is 10.3. The number of rotatable bonds is 4. The quantitative estimate of drug-likeness (QED) is 0.449. The molecule has 0 heterocycles. The Morgan fingerprint density at radius 3 is 2.24 bits per heavy atom. The summed E-state index contributed by atoms with van der Waals surface area (Å²) in [4.78, 5) is 0. The maximum atomic E-state index is 2.61. The summed E-state index contributed by atoms with van der Waals surface area (Å²) in [6.45, 7) is 14.6. The van der Waals surface area contributed by atoms with Crippen LogP contribution < -0.4 is 0 Å². The molecule has 0 saturated carbocycles. The van der Waals surface area contributed by atoms with Gasteiger partial charge in [0.15, 0.2) is 0 Å². The van der Waals surface area contributed by atoms with Crippen LogP contribution in [0, 0.1) is 5.92 Å². The van der Waals surface area contributed by atoms with Gasteiger partial charge in [0.05, 0.1) is 8.07 Å². The molecule has 0 radical (unpaired) electrons. The third kappa shape index (κ3) is 3.50. The molecule has 0 fully saturated rings. The van der Waals surface area contributed by atoms with Crippen molar-refractivity contribution in [3.63, 3.8) is 0 Å². The van der Waals surface area contributed by atoms with Crippen molar-refractivity contribution in [2.24, 2.45) is 5.92 Å². The van der Waals surface area contributed by atoms with E-state index in [-0.39, 0.29) is 0 Å². The molecule has 3 atom stereocenters. The molecule has 0 amide bonds. The predicted molar refractivity (Wildman–Crippen MR) is 130 cm³/mol. The van der Waals surface area contributed by atoms with Crippen molar-refractivity contribution in [3.05, 3.63) is 106 Å². The lowest BCUT2D eigenvalue weighted by Gasteiger charge is -2.38. The van der Waals surface area contributed by atoms with Crippen LogP contribution in [-0.4, -0.2) is 8.07 Å². The highest BCUT2D eigenvalue weighted by molar-refractivity contribution is 6.82. The maximum Gasteiger partial charge on any atom is 0.0714 e. The largest absolute Gasteiger partial charge is 0.0766 e. The zero-order valence-corrected chi connectivity index (χ0v) is 19.7. The van der Waals surface area contributed by atoms with Crippen molar-refractivity contribution in [2.45, 2.75) is 57.8 Å². The molecule has 4 rings (SSSR count). The van der Waals surface area contributed by atoms with Gasteiger partial charge in [0, 0.05) is 11.5 Å². The Labute approximate surface area is 178 Å². The lowest BCUT2D eigenvalue weighted by molar-refractivity contribution is 0.792. The van der Waals surface area contributed by atoms with Crippen LogP contribution in [0.2, 0.25) is 24.2 Å². The van der Waals surface area contributed by atoms with E-state index in [1.807, 2.05) is 0 Å². The van der Waals surface area contributed by atoms with Gasteiger partial charge < -0.3 is 0 Å². The molecule has 0 spiro atoms. The van der Waals surface area contributed by atoms with Crippen LogP contribution >= 0.6 is 0 Å². The minimum absolute atomic E-state index is 0.355. The first kappa shape index (κ1) is 20.2. The molecule has 0 bridgehead atoms. The van der Waals surface area contributed by atoms with Crippen LogP contribution in [0.15, 0.2) is 101 Å². The number of hydrogen-bond donors (Lipinski definition) is 0. The zero-order valence-electron chi connectivity index (χ0n) is 18.7. The minimum atomic E-state index is -1.66. The average molecular weight is 399 g/mol. The highest BCUT2D eigenvalue weighted by atomic mass is 28.3. The van der Waals surface area contributed by atoms with E-state index in [9.17, 15) is 0 Å². The molecule has 0 saturated heterocycles. The Morgan fingerprint density at radius 2 is 1.59 bits per heavy atom. The van der Waals surface area contributed by atoms with Crippen molar-refractivity contribution in [2.75, 3.05) is 0 Å². The monoisotopic (exact) mass is 398 g/mol. The molecule has 29 heavy (non-hydrogen) atoms. The second kappa shape index (κ2) is 7.61. The Bertz CT molecular complexity index is 976. The first-order chi connectivity index (χ1) is 13.8. The lowest BCUT2D eigenvalue weighted by atomic mass is 9.90. The van der Waals surface area contributed by atoms with Crippen molar-refractivity contribution in [1.82, 2.24) is 0 Å². The number of allylic oxidation sites excluding steroid dienone is 12. The van der Waals surface area contributed by atoms with Gasteiger partial charge in [-0.05, 0) is 47.6 Å². The number of hydrogen-bond acceptors (Lipinski definition) is 0. The zero-order chi connectivity index (χ0) is 20.8. The summed E-state index contributed by atoms with van der Waals surface area (Å²) in [6.07, 6.45) is 16.8. The molecule has 1 aromatic rings. The van der Waals surface area contributed by atoms with Gasteiger partial charge in [-0.25, -0.2) is 0 Å². The van der Waals surface area contributed by atoms with Gasteiger partial charge in [-0.3, -0.25) is 0 Å². The van der Waals surface area contributed by atoms with E-state index in [2.05, 4.69) is 114 Å². The summed E-state index contributed by atoms with van der Waals surface area (Å²) < 4.78 is 0. The first-order valence-corrected chi connectivity index (χ1v) is 14.2. The van der Waals surface area contributed by atoms with E-state index < -0.39 is 8.07 Å². The molecular formula is C28H34Si. The fraction of sp³-hybridized carbons (Fsp3) is 0.357. The van der Waals surface area contributed by atoms with Gasteiger partial charge in [-0.1, -0.05) is 111 Å². The third-order valence-electron chi connectivity index (χ3n) is 7.12. The molecule has 3 aliphatic rings. The highest BCUT2D eigenvalue weighted by Gasteiger charge is 2.45. The standard InChI is InChI=1S/C28H34Si/c1-19(2)23-16-20(3)27(18-23)29(5,6)28-21(4)17-26-24(14-10-11-15-25(26)28)22-12-8-7-9-13-22/h7-19,24,27-28H,1-6H3. The van der Waals surface area contributed by atoms with Crippen molar-refractivity contribution in [3.8, 4) is 0 Å². The van der Waals surface area contributed by atoms with E-state index in [4.69, 9.17) is 0 Å². The summed E-state index contributed by atoms with van der Waals surface area (Å²) in [5, 5.41) is 0. The molecule has 0 nitrogen and oxygen atoms in total. The Balaban J connectivity index is 1.77. The smallest absolute Gasteiger partial charge is 0.0714 e. The van der Waals surface area contributed by atoms with Crippen LogP contribution in [0.25, 0.3) is 0 Å². The summed E-state index contributed by atoms with van der Waals surface area (Å²) in [7, 11) is -1.66. The molecule has 0 aromatic heterocycles. The molecule has 1 heteroatoms. The van der Waals surface area contributed by atoms with Gasteiger partial charge >= 0.3 is 0 Å². The second-order valence-corrected chi connectivity index (χ2v) is 14.7. The Morgan fingerprint density at radius 1 is 0.862 bits per heavy atom. The van der Waals surface area contributed by atoms with Gasteiger partial charge in [0.25, 0.3) is 0 Å². The first-order valence-electron chi connectivity index (χ1n) is 11.0. The van der Waals surface area contributed by atoms with Crippen molar-refractivity contribution >= 4 is 8.07 Å². The van der Waals surface area contributed by atoms with Crippen LogP contribution in [-0.2, 0) is 0 Å². The van der Waals surface area contributed by atoms with Crippen LogP contribution in [0.4, 0.5) is 0 Å². The molecule has 3 aliphatic carbocycles. The van der Waals surface area contributed by atoms with E-state index in [1.54, 1.807) is 16.7 Å². The normalized spacial score (nSPS) is 26.4. The second-order valence-electron chi connectivity index (χ2n) is 9.87. The molecule has 3 unspecified atom stereocenters. The van der Waals surface area contributed by atoms with Gasteiger partial charge in [-0.15, -0.1) is 0 Å². The van der Waals surface area contributed by atoms with Crippen molar-refractivity contribution in [1.29, 1.82) is 0 Å². The Kier molecular flexibility index (Phi) is 5.29. The molecule has 150 valence electrons. The summed E-state index contributed by atoms with van der Waals surface area (Å²) in [6, 6.07) is 11.0. The molecular weight excluding hydrogens is 364 g/mol. The fourth-order valence-corrected chi connectivity index (χ4v) is 10.3. The molecule has 0 aliphatic heterocycles. The number of benzene rings is 1. The highest BCUT2D eigenvalue weighted by Crippen LogP contribution is 2.54. The molecule has 0 N–H and O–H groups in total. The van der Waals surface area contributed by atoms with Gasteiger partial charge in [-0.2, -0.15) is 0 Å². The van der Waals surface area contributed by atoms with Crippen LogP contribution in [0.3, 0.4) is 0 Å². The Hall–Kier alpha value is -2.12. The summed E-state index contributed by atoms with van der Waals surface area (Å²) >= 11 is 0. The third-order valence-corrected chi connectivity index (χ3v) is 11.6. The van der Waals surface area contributed by atoms with Crippen molar-refractivity contribution < 1.29 is 0 Å². The van der Waals surface area contributed by atoms with E-state index >= 15 is 0 Å². The lowest BCUT2D eigenvalue weighted by Crippen LogP contribution is -2.38. The van der Waals surface area contributed by atoms with E-state index in [0.29, 0.717) is 22.9 Å². The predicted octanol–water partition coefficient (Wildman–Crippen LogP) is 8.14. The SMILES string of the molecule is CC1=CC(C(C)C)=CC1[Si](C)(C)C1C(C)=CC2=C1C=CC=CC2c1ccccc1. The fourth-order valence-electron chi connectivity index (χ4n) is 5.73. The van der Waals surface area contributed by atoms with Crippen LogP contribution in [0.5, 0.6) is 0 Å². The minimum Gasteiger partial charge on any atom is -0.0766 e. The van der Waals surface area contributed by atoms with E-state index in [1.165, 1.54) is 16.7 Å². The van der Waals surface area contributed by atoms with Gasteiger partial charge in [0.1, 0.15) is 0 Å². The molecule has 1 aromatic carbocycles. The maximum absolute atomic E-state index is 2.61. The summed E-state index contributed by atoms with van der Waals surface area (Å²) in [5.74, 6) is 0.965. The van der Waals surface area contributed by atoms with Gasteiger partial charge in [0.2, 0.25) is 0 Å². The van der Waals surface area contributed by atoms with E-state index in [0.717, 1.165) is 0 Å². The topological polar surface area (TPSA) is 0 Å². The average Bonchev–Trinajstić information content (AvgIpc) is 3.17.